The lowest BCUT2D eigenvalue weighted by Gasteiger charge is -2.18. The van der Waals surface area contributed by atoms with Crippen LogP contribution >= 0.6 is 15.9 Å². The van der Waals surface area contributed by atoms with E-state index in [9.17, 15) is 0 Å². The van der Waals surface area contributed by atoms with E-state index in [4.69, 9.17) is 0 Å². The van der Waals surface area contributed by atoms with E-state index in [1.807, 2.05) is 6.20 Å². The molecule has 20 heavy (non-hydrogen) atoms. The number of rotatable bonds is 4. The summed E-state index contributed by atoms with van der Waals surface area (Å²) in [6.07, 6.45) is 6.32. The first-order chi connectivity index (χ1) is 9.81. The van der Waals surface area contributed by atoms with E-state index in [1.165, 1.54) is 37.2 Å². The minimum atomic E-state index is 0.787. The van der Waals surface area contributed by atoms with Gasteiger partial charge in [0.05, 0.1) is 0 Å². The fourth-order valence-corrected chi connectivity index (χ4v) is 2.93. The van der Waals surface area contributed by atoms with Gasteiger partial charge in [-0.05, 0) is 64.7 Å². The highest BCUT2D eigenvalue weighted by Gasteiger charge is 2.11. The summed E-state index contributed by atoms with van der Waals surface area (Å²) in [5, 5.41) is 3.43. The number of benzene rings is 1. The summed E-state index contributed by atoms with van der Waals surface area (Å²) in [5.74, 6) is 0. The van der Waals surface area contributed by atoms with E-state index in [1.54, 1.807) is 6.20 Å². The quantitative estimate of drug-likeness (QED) is 0.915. The predicted octanol–water partition coefficient (Wildman–Crippen LogP) is 4.06. The zero-order valence-electron chi connectivity index (χ0n) is 11.3. The molecular formula is C16H18BrN3. The van der Waals surface area contributed by atoms with E-state index in [0.29, 0.717) is 0 Å². The van der Waals surface area contributed by atoms with Crippen LogP contribution in [-0.4, -0.2) is 18.1 Å². The topological polar surface area (TPSA) is 28.2 Å². The first-order valence-electron chi connectivity index (χ1n) is 6.99. The van der Waals surface area contributed by atoms with Gasteiger partial charge in [-0.25, -0.2) is 0 Å². The van der Waals surface area contributed by atoms with Crippen molar-refractivity contribution in [3.05, 3.63) is 52.8 Å². The molecule has 0 amide bonds. The van der Waals surface area contributed by atoms with Crippen molar-refractivity contribution in [1.29, 1.82) is 0 Å². The Morgan fingerprint density at radius 2 is 1.85 bits per heavy atom. The van der Waals surface area contributed by atoms with Crippen LogP contribution < -0.4 is 10.2 Å². The van der Waals surface area contributed by atoms with Gasteiger partial charge in [-0.15, -0.1) is 0 Å². The molecule has 3 nitrogen and oxygen atoms in total. The molecule has 0 spiro atoms. The highest BCUT2D eigenvalue weighted by molar-refractivity contribution is 9.10. The standard InChI is InChI=1S/C16H18BrN3/c17-14-9-13(10-18-12-14)11-19-15-3-5-16(6-4-15)20-7-1-2-8-20/h3-6,9-10,12,19H,1-2,7-8,11H2. The van der Waals surface area contributed by atoms with Gasteiger partial charge in [-0.3, -0.25) is 4.98 Å². The first-order valence-corrected chi connectivity index (χ1v) is 7.79. The van der Waals surface area contributed by atoms with Crippen molar-refractivity contribution in [2.75, 3.05) is 23.3 Å². The predicted molar refractivity (Wildman–Crippen MR) is 87.2 cm³/mol. The molecule has 0 saturated carbocycles. The van der Waals surface area contributed by atoms with Crippen molar-refractivity contribution in [3.8, 4) is 0 Å². The Morgan fingerprint density at radius 1 is 1.10 bits per heavy atom. The molecule has 1 fully saturated rings. The number of nitrogens with zero attached hydrogens (tertiary/aromatic N) is 2. The number of pyridine rings is 1. The summed E-state index contributed by atoms with van der Waals surface area (Å²) >= 11 is 3.44. The molecule has 0 atom stereocenters. The maximum atomic E-state index is 4.17. The number of halogens is 1. The fourth-order valence-electron chi connectivity index (χ4n) is 2.52. The molecule has 0 bridgehead atoms. The third kappa shape index (κ3) is 3.31. The highest BCUT2D eigenvalue weighted by atomic mass is 79.9. The normalized spacial score (nSPS) is 14.6. The zero-order valence-corrected chi connectivity index (χ0v) is 12.9. The molecule has 1 N–H and O–H groups in total. The molecule has 1 aliphatic heterocycles. The van der Waals surface area contributed by atoms with E-state index >= 15 is 0 Å². The number of anilines is 2. The van der Waals surface area contributed by atoms with E-state index in [-0.39, 0.29) is 0 Å². The Kier molecular flexibility index (Phi) is 4.21. The Bertz CT molecular complexity index is 562. The van der Waals surface area contributed by atoms with Gasteiger partial charge in [-0.1, -0.05) is 0 Å². The van der Waals surface area contributed by atoms with Gasteiger partial charge >= 0.3 is 0 Å². The van der Waals surface area contributed by atoms with Crippen LogP contribution in [0.15, 0.2) is 47.2 Å². The summed E-state index contributed by atoms with van der Waals surface area (Å²) in [6, 6.07) is 10.8. The third-order valence-corrected chi connectivity index (χ3v) is 4.03. The van der Waals surface area contributed by atoms with Crippen molar-refractivity contribution in [1.82, 2.24) is 4.98 Å². The van der Waals surface area contributed by atoms with Crippen molar-refractivity contribution in [2.24, 2.45) is 0 Å². The fraction of sp³-hybridized carbons (Fsp3) is 0.312. The Balaban J connectivity index is 1.60. The van der Waals surface area contributed by atoms with Gasteiger partial charge in [-0.2, -0.15) is 0 Å². The van der Waals surface area contributed by atoms with Crippen LogP contribution in [0.25, 0.3) is 0 Å². The molecule has 1 saturated heterocycles. The van der Waals surface area contributed by atoms with Gasteiger partial charge in [0.15, 0.2) is 0 Å². The molecule has 1 aromatic heterocycles. The molecule has 0 aliphatic carbocycles. The SMILES string of the molecule is Brc1cncc(CNc2ccc(N3CCCC3)cc2)c1. The minimum Gasteiger partial charge on any atom is -0.381 e. The van der Waals surface area contributed by atoms with Crippen LogP contribution in [0.1, 0.15) is 18.4 Å². The monoisotopic (exact) mass is 331 g/mol. The number of aromatic nitrogens is 1. The summed E-state index contributed by atoms with van der Waals surface area (Å²) in [5.41, 5.74) is 3.65. The summed E-state index contributed by atoms with van der Waals surface area (Å²) in [7, 11) is 0. The molecule has 2 aromatic rings. The lowest BCUT2D eigenvalue weighted by molar-refractivity contribution is 0.949. The minimum absolute atomic E-state index is 0.787. The average molecular weight is 332 g/mol. The average Bonchev–Trinajstić information content (AvgIpc) is 3.00. The van der Waals surface area contributed by atoms with Gasteiger partial charge in [0, 0.05) is 47.9 Å². The lowest BCUT2D eigenvalue weighted by Crippen LogP contribution is -2.17. The van der Waals surface area contributed by atoms with Crippen molar-refractivity contribution in [2.45, 2.75) is 19.4 Å². The maximum Gasteiger partial charge on any atom is 0.0416 e. The van der Waals surface area contributed by atoms with Gasteiger partial charge in [0.2, 0.25) is 0 Å². The first kappa shape index (κ1) is 13.4. The zero-order chi connectivity index (χ0) is 13.8. The summed E-state index contributed by atoms with van der Waals surface area (Å²) in [4.78, 5) is 6.62. The van der Waals surface area contributed by atoms with E-state index < -0.39 is 0 Å². The largest absolute Gasteiger partial charge is 0.381 e. The molecule has 3 rings (SSSR count). The number of hydrogen-bond donors (Lipinski definition) is 1. The maximum absolute atomic E-state index is 4.17. The van der Waals surface area contributed by atoms with Gasteiger partial charge in [0.25, 0.3) is 0 Å². The van der Waals surface area contributed by atoms with Crippen LogP contribution in [0.4, 0.5) is 11.4 Å². The van der Waals surface area contributed by atoms with Crippen molar-refractivity contribution < 1.29 is 0 Å². The Morgan fingerprint density at radius 3 is 2.55 bits per heavy atom. The second-order valence-electron chi connectivity index (χ2n) is 5.11. The van der Waals surface area contributed by atoms with Gasteiger partial charge < -0.3 is 10.2 Å². The Hall–Kier alpha value is -1.55. The molecule has 1 aliphatic rings. The van der Waals surface area contributed by atoms with Crippen molar-refractivity contribution >= 4 is 27.3 Å². The highest BCUT2D eigenvalue weighted by Crippen LogP contribution is 2.22. The van der Waals surface area contributed by atoms with E-state index in [0.717, 1.165) is 16.7 Å². The molecule has 104 valence electrons. The van der Waals surface area contributed by atoms with Crippen LogP contribution in [0.3, 0.4) is 0 Å². The summed E-state index contributed by atoms with van der Waals surface area (Å²) < 4.78 is 1.01. The molecule has 0 unspecified atom stereocenters. The van der Waals surface area contributed by atoms with Crippen molar-refractivity contribution in [3.63, 3.8) is 0 Å². The number of hydrogen-bond acceptors (Lipinski definition) is 3. The Labute approximate surface area is 128 Å². The van der Waals surface area contributed by atoms with Crippen LogP contribution in [0, 0.1) is 0 Å². The second-order valence-corrected chi connectivity index (χ2v) is 6.02. The molecule has 1 aromatic carbocycles. The molecule has 2 heterocycles. The third-order valence-electron chi connectivity index (χ3n) is 3.60. The second kappa shape index (κ2) is 6.27. The molecule has 4 heteroatoms. The summed E-state index contributed by atoms with van der Waals surface area (Å²) in [6.45, 7) is 3.17. The molecular weight excluding hydrogens is 314 g/mol. The number of nitrogens with one attached hydrogen (secondary N) is 1. The smallest absolute Gasteiger partial charge is 0.0416 e. The van der Waals surface area contributed by atoms with Crippen LogP contribution in [0.2, 0.25) is 0 Å². The van der Waals surface area contributed by atoms with Gasteiger partial charge in [0.1, 0.15) is 0 Å². The lowest BCUT2D eigenvalue weighted by atomic mass is 10.2. The van der Waals surface area contributed by atoms with E-state index in [2.05, 4.69) is 61.5 Å². The van der Waals surface area contributed by atoms with Crippen LogP contribution in [0.5, 0.6) is 0 Å². The molecule has 0 radical (unpaired) electrons. The van der Waals surface area contributed by atoms with Crippen LogP contribution in [-0.2, 0) is 6.54 Å².